The number of rotatable bonds is 6. The molecular formula is C16H20N2O3. The first kappa shape index (κ1) is 15.1. The minimum atomic E-state index is -0.0286. The van der Waals surface area contributed by atoms with Gasteiger partial charge in [0.05, 0.1) is 18.7 Å². The van der Waals surface area contributed by atoms with Crippen LogP contribution in [-0.2, 0) is 17.8 Å². The zero-order valence-electron chi connectivity index (χ0n) is 12.6. The zero-order valence-corrected chi connectivity index (χ0v) is 12.6. The molecule has 0 spiro atoms. The lowest BCUT2D eigenvalue weighted by Crippen LogP contribution is -2.25. The Morgan fingerprint density at radius 2 is 2.00 bits per heavy atom. The Morgan fingerprint density at radius 3 is 2.57 bits per heavy atom. The van der Waals surface area contributed by atoms with Crippen LogP contribution in [0.2, 0.25) is 0 Å². The normalized spacial score (nSPS) is 10.4. The van der Waals surface area contributed by atoms with Crippen LogP contribution >= 0.6 is 0 Å². The number of amides is 1. The molecule has 0 bridgehead atoms. The summed E-state index contributed by atoms with van der Waals surface area (Å²) in [4.78, 5) is 11.9. The fraction of sp³-hybridized carbons (Fsp3) is 0.375. The van der Waals surface area contributed by atoms with E-state index in [9.17, 15) is 4.79 Å². The summed E-state index contributed by atoms with van der Waals surface area (Å²) in [5, 5.41) is 6.75. The van der Waals surface area contributed by atoms with Gasteiger partial charge in [0, 0.05) is 12.1 Å². The fourth-order valence-electron chi connectivity index (χ4n) is 2.06. The quantitative estimate of drug-likeness (QED) is 0.887. The van der Waals surface area contributed by atoms with Gasteiger partial charge >= 0.3 is 0 Å². The second-order valence-corrected chi connectivity index (χ2v) is 4.83. The molecule has 1 aromatic heterocycles. The van der Waals surface area contributed by atoms with Gasteiger partial charge in [0.25, 0.3) is 0 Å². The predicted octanol–water partition coefficient (Wildman–Crippen LogP) is 2.55. The van der Waals surface area contributed by atoms with Crippen molar-refractivity contribution < 1.29 is 14.1 Å². The van der Waals surface area contributed by atoms with E-state index < -0.39 is 0 Å². The largest absolute Gasteiger partial charge is 0.494 e. The second kappa shape index (κ2) is 6.92. The lowest BCUT2D eigenvalue weighted by Gasteiger charge is -2.06. The van der Waals surface area contributed by atoms with Crippen LogP contribution in [0.4, 0.5) is 0 Å². The molecule has 0 aliphatic carbocycles. The first-order chi connectivity index (χ1) is 10.1. The van der Waals surface area contributed by atoms with Crippen molar-refractivity contribution in [1.29, 1.82) is 0 Å². The monoisotopic (exact) mass is 288 g/mol. The van der Waals surface area contributed by atoms with Gasteiger partial charge in [-0.15, -0.1) is 0 Å². The third-order valence-corrected chi connectivity index (χ3v) is 3.24. The third-order valence-electron chi connectivity index (χ3n) is 3.24. The van der Waals surface area contributed by atoms with E-state index in [4.69, 9.17) is 9.26 Å². The van der Waals surface area contributed by atoms with Crippen LogP contribution in [0, 0.1) is 13.8 Å². The van der Waals surface area contributed by atoms with Gasteiger partial charge in [-0.3, -0.25) is 4.79 Å². The maximum atomic E-state index is 11.9. The molecule has 0 aliphatic rings. The molecule has 5 heteroatoms. The average molecular weight is 288 g/mol. The van der Waals surface area contributed by atoms with Crippen LogP contribution in [0.1, 0.15) is 29.5 Å². The van der Waals surface area contributed by atoms with Crippen molar-refractivity contribution in [3.63, 3.8) is 0 Å². The summed E-state index contributed by atoms with van der Waals surface area (Å²) in [5.74, 6) is 1.53. The van der Waals surface area contributed by atoms with Crippen molar-refractivity contribution >= 4 is 5.91 Å². The molecule has 0 saturated carbocycles. The molecule has 1 N–H and O–H groups in total. The molecule has 0 atom stereocenters. The Morgan fingerprint density at radius 1 is 1.29 bits per heavy atom. The Bertz CT molecular complexity index is 583. The van der Waals surface area contributed by atoms with Crippen molar-refractivity contribution in [1.82, 2.24) is 10.5 Å². The summed E-state index contributed by atoms with van der Waals surface area (Å²) in [6.45, 7) is 6.72. The van der Waals surface area contributed by atoms with Crippen molar-refractivity contribution in [3.05, 3.63) is 46.8 Å². The Balaban J connectivity index is 1.87. The molecule has 1 aromatic carbocycles. The number of ether oxygens (including phenoxy) is 1. The lowest BCUT2D eigenvalue weighted by atomic mass is 10.1. The Kier molecular flexibility index (Phi) is 4.98. The van der Waals surface area contributed by atoms with E-state index in [1.165, 1.54) is 0 Å². The van der Waals surface area contributed by atoms with Crippen molar-refractivity contribution in [3.8, 4) is 5.75 Å². The number of nitrogens with zero attached hydrogens (tertiary/aromatic N) is 1. The van der Waals surface area contributed by atoms with Crippen LogP contribution in [0.25, 0.3) is 0 Å². The van der Waals surface area contributed by atoms with Crippen LogP contribution in [-0.4, -0.2) is 17.7 Å². The summed E-state index contributed by atoms with van der Waals surface area (Å²) in [7, 11) is 0. The van der Waals surface area contributed by atoms with Crippen LogP contribution in [0.15, 0.2) is 28.8 Å². The van der Waals surface area contributed by atoms with E-state index >= 15 is 0 Å². The van der Waals surface area contributed by atoms with E-state index in [1.807, 2.05) is 45.0 Å². The van der Waals surface area contributed by atoms with Crippen LogP contribution < -0.4 is 10.1 Å². The van der Waals surface area contributed by atoms with Gasteiger partial charge in [0.15, 0.2) is 0 Å². The minimum Gasteiger partial charge on any atom is -0.494 e. The molecule has 0 fully saturated rings. The van der Waals surface area contributed by atoms with E-state index in [-0.39, 0.29) is 5.91 Å². The van der Waals surface area contributed by atoms with Crippen LogP contribution in [0.3, 0.4) is 0 Å². The highest BCUT2D eigenvalue weighted by Crippen LogP contribution is 2.13. The highest BCUT2D eigenvalue weighted by Gasteiger charge is 2.10. The predicted molar refractivity (Wildman–Crippen MR) is 79.1 cm³/mol. The number of nitrogens with one attached hydrogen (secondary N) is 1. The molecule has 0 radical (unpaired) electrons. The summed E-state index contributed by atoms with van der Waals surface area (Å²) in [5.41, 5.74) is 2.71. The highest BCUT2D eigenvalue weighted by atomic mass is 16.5. The number of benzene rings is 1. The minimum absolute atomic E-state index is 0.0286. The van der Waals surface area contributed by atoms with Gasteiger partial charge < -0.3 is 14.6 Å². The summed E-state index contributed by atoms with van der Waals surface area (Å²) in [6, 6.07) is 7.56. The molecule has 2 rings (SSSR count). The van der Waals surface area contributed by atoms with Crippen molar-refractivity contribution in [2.45, 2.75) is 33.7 Å². The molecule has 1 amide bonds. The fourth-order valence-corrected chi connectivity index (χ4v) is 2.06. The Labute approximate surface area is 124 Å². The molecule has 1 heterocycles. The third kappa shape index (κ3) is 4.08. The van der Waals surface area contributed by atoms with Crippen molar-refractivity contribution in [2.24, 2.45) is 0 Å². The number of aromatic nitrogens is 1. The molecule has 0 unspecified atom stereocenters. The summed E-state index contributed by atoms with van der Waals surface area (Å²) >= 11 is 0. The first-order valence-corrected chi connectivity index (χ1v) is 7.00. The Hall–Kier alpha value is -2.30. The zero-order chi connectivity index (χ0) is 15.2. The number of carbonyl (C=O) groups is 1. The lowest BCUT2D eigenvalue weighted by molar-refractivity contribution is -0.120. The van der Waals surface area contributed by atoms with E-state index in [2.05, 4.69) is 10.5 Å². The first-order valence-electron chi connectivity index (χ1n) is 7.00. The van der Waals surface area contributed by atoms with Crippen LogP contribution in [0.5, 0.6) is 5.75 Å². The van der Waals surface area contributed by atoms with Gasteiger partial charge in [0.1, 0.15) is 11.5 Å². The smallest absolute Gasteiger partial charge is 0.224 e. The molecule has 2 aromatic rings. The summed E-state index contributed by atoms with van der Waals surface area (Å²) in [6.07, 6.45) is 0.343. The topological polar surface area (TPSA) is 64.4 Å². The second-order valence-electron chi connectivity index (χ2n) is 4.83. The van der Waals surface area contributed by atoms with Gasteiger partial charge in [0.2, 0.25) is 5.91 Å². The van der Waals surface area contributed by atoms with Crippen molar-refractivity contribution in [2.75, 3.05) is 6.61 Å². The number of aryl methyl sites for hydroxylation is 2. The standard InChI is InChI=1S/C16H20N2O3/c1-4-20-14-7-5-13(6-8-14)9-16(19)17-10-15-11(2)18-21-12(15)3/h5-8H,4,9-10H2,1-3H3,(H,17,19). The van der Waals surface area contributed by atoms with Gasteiger partial charge in [-0.1, -0.05) is 17.3 Å². The van der Waals surface area contributed by atoms with E-state index in [1.54, 1.807) is 0 Å². The SMILES string of the molecule is CCOc1ccc(CC(=O)NCc2c(C)noc2C)cc1. The van der Waals surface area contributed by atoms with Gasteiger partial charge in [-0.25, -0.2) is 0 Å². The molecule has 21 heavy (non-hydrogen) atoms. The van der Waals surface area contributed by atoms with Gasteiger partial charge in [-0.2, -0.15) is 0 Å². The molecule has 112 valence electrons. The molecule has 5 nitrogen and oxygen atoms in total. The molecule has 0 saturated heterocycles. The highest BCUT2D eigenvalue weighted by molar-refractivity contribution is 5.78. The maximum absolute atomic E-state index is 11.9. The van der Waals surface area contributed by atoms with Gasteiger partial charge in [-0.05, 0) is 38.5 Å². The molecule has 0 aliphatic heterocycles. The maximum Gasteiger partial charge on any atom is 0.224 e. The van der Waals surface area contributed by atoms with E-state index in [0.717, 1.165) is 28.3 Å². The summed E-state index contributed by atoms with van der Waals surface area (Å²) < 4.78 is 10.4. The number of carbonyl (C=O) groups excluding carboxylic acids is 1. The number of hydrogen-bond acceptors (Lipinski definition) is 4. The molecular weight excluding hydrogens is 268 g/mol. The number of hydrogen-bond donors (Lipinski definition) is 1. The average Bonchev–Trinajstić information content (AvgIpc) is 2.78. The van der Waals surface area contributed by atoms with E-state index in [0.29, 0.717) is 19.6 Å².